The molecule has 2 aromatic carbocycles. The third-order valence-corrected chi connectivity index (χ3v) is 7.07. The number of carboxylic acid groups (broad SMARTS) is 1. The lowest BCUT2D eigenvalue weighted by molar-refractivity contribution is -0.519. The highest BCUT2D eigenvalue weighted by atomic mass is 16.4. The zero-order valence-corrected chi connectivity index (χ0v) is 23.8. The molecule has 3 rings (SSSR count). The highest BCUT2D eigenvalue weighted by Crippen LogP contribution is 2.31. The number of nitrogens with zero attached hydrogens (tertiary/aromatic N) is 2. The number of carbonyl (C=O) groups is 1. The molecule has 0 saturated carbocycles. The molecule has 0 atom stereocenters. The van der Waals surface area contributed by atoms with E-state index in [1.165, 1.54) is 33.7 Å². The molecule has 0 amide bonds. The first-order valence-electron chi connectivity index (χ1n) is 13.6. The lowest BCUT2D eigenvalue weighted by Gasteiger charge is -2.22. The molecule has 0 bridgehead atoms. The molecule has 0 unspecified atom stereocenters. The summed E-state index contributed by atoms with van der Waals surface area (Å²) in [6, 6.07) is 19.7. The van der Waals surface area contributed by atoms with Crippen molar-refractivity contribution in [1.82, 2.24) is 0 Å². The lowest BCUT2D eigenvalue weighted by Crippen LogP contribution is -2.37. The molecule has 1 aliphatic rings. The van der Waals surface area contributed by atoms with Gasteiger partial charge in [0.05, 0.1) is 0 Å². The van der Waals surface area contributed by atoms with Crippen LogP contribution >= 0.6 is 0 Å². The summed E-state index contributed by atoms with van der Waals surface area (Å²) in [5.74, 6) is -0.972. The van der Waals surface area contributed by atoms with Gasteiger partial charge in [0, 0.05) is 42.3 Å². The van der Waals surface area contributed by atoms with Crippen LogP contribution in [0.5, 0.6) is 0 Å². The first-order chi connectivity index (χ1) is 17.7. The summed E-state index contributed by atoms with van der Waals surface area (Å²) in [6.45, 7) is 18.1. The summed E-state index contributed by atoms with van der Waals surface area (Å²) >= 11 is 0. The highest BCUT2D eigenvalue weighted by Gasteiger charge is 2.15. The SMILES string of the molecule is CCC(C)(C)C(=O)[O-].CCN(CC)c1ccc(C(=C2C=CC(=[N+](CC)CC)C=C2)c2ccccc2)cc1. The van der Waals surface area contributed by atoms with Crippen LogP contribution in [-0.4, -0.2) is 42.4 Å². The molecule has 1 aliphatic carbocycles. The van der Waals surface area contributed by atoms with Gasteiger partial charge in [-0.3, -0.25) is 0 Å². The Morgan fingerprint density at radius 1 is 0.784 bits per heavy atom. The Hall–Kier alpha value is -3.40. The van der Waals surface area contributed by atoms with Gasteiger partial charge in [0.2, 0.25) is 0 Å². The maximum Gasteiger partial charge on any atom is 0.199 e. The van der Waals surface area contributed by atoms with Gasteiger partial charge < -0.3 is 14.8 Å². The number of hydrogen-bond acceptors (Lipinski definition) is 3. The van der Waals surface area contributed by atoms with Gasteiger partial charge in [-0.1, -0.05) is 63.2 Å². The van der Waals surface area contributed by atoms with Gasteiger partial charge in [-0.15, -0.1) is 0 Å². The predicted molar refractivity (Wildman–Crippen MR) is 156 cm³/mol. The van der Waals surface area contributed by atoms with Crippen molar-refractivity contribution in [2.24, 2.45) is 5.41 Å². The zero-order valence-electron chi connectivity index (χ0n) is 23.8. The summed E-state index contributed by atoms with van der Waals surface area (Å²) in [7, 11) is 0. The third-order valence-electron chi connectivity index (χ3n) is 7.07. The van der Waals surface area contributed by atoms with E-state index >= 15 is 0 Å². The van der Waals surface area contributed by atoms with Gasteiger partial charge in [0.25, 0.3) is 0 Å². The maximum atomic E-state index is 10.1. The Kier molecular flexibility index (Phi) is 11.6. The van der Waals surface area contributed by atoms with Crippen molar-refractivity contribution in [3.8, 4) is 0 Å². The average Bonchev–Trinajstić information content (AvgIpc) is 2.93. The minimum Gasteiger partial charge on any atom is -0.550 e. The first-order valence-corrected chi connectivity index (χ1v) is 13.6. The summed E-state index contributed by atoms with van der Waals surface area (Å²) < 4.78 is 2.38. The van der Waals surface area contributed by atoms with Gasteiger partial charge in [-0.2, -0.15) is 0 Å². The van der Waals surface area contributed by atoms with E-state index < -0.39 is 11.4 Å². The molecule has 198 valence electrons. The van der Waals surface area contributed by atoms with Gasteiger partial charge in [-0.05, 0) is 80.7 Å². The lowest BCUT2D eigenvalue weighted by atomic mass is 9.90. The van der Waals surface area contributed by atoms with Crippen molar-refractivity contribution < 1.29 is 14.5 Å². The molecule has 0 heterocycles. The summed E-state index contributed by atoms with van der Waals surface area (Å²) in [5.41, 5.74) is 6.94. The molecule has 4 nitrogen and oxygen atoms in total. The van der Waals surface area contributed by atoms with Crippen LogP contribution in [0.4, 0.5) is 5.69 Å². The topological polar surface area (TPSA) is 46.4 Å². The van der Waals surface area contributed by atoms with E-state index in [0.717, 1.165) is 26.2 Å². The summed E-state index contributed by atoms with van der Waals surface area (Å²) in [6.07, 6.45) is 9.63. The average molecular weight is 501 g/mol. The highest BCUT2D eigenvalue weighted by molar-refractivity contribution is 6.04. The van der Waals surface area contributed by atoms with E-state index in [9.17, 15) is 9.90 Å². The molecule has 4 heteroatoms. The summed E-state index contributed by atoms with van der Waals surface area (Å²) in [4.78, 5) is 12.5. The monoisotopic (exact) mass is 500 g/mol. The number of carbonyl (C=O) groups excluding carboxylic acids is 1. The Morgan fingerprint density at radius 3 is 1.70 bits per heavy atom. The van der Waals surface area contributed by atoms with Gasteiger partial charge in [0.15, 0.2) is 5.71 Å². The van der Waals surface area contributed by atoms with Crippen molar-refractivity contribution >= 4 is 22.9 Å². The normalized spacial score (nSPS) is 12.6. The van der Waals surface area contributed by atoms with E-state index in [1.807, 2.05) is 6.92 Å². The van der Waals surface area contributed by atoms with Crippen molar-refractivity contribution in [2.75, 3.05) is 31.1 Å². The van der Waals surface area contributed by atoms with Crippen LogP contribution in [0.15, 0.2) is 84.5 Å². The molecule has 0 radical (unpaired) electrons. The van der Waals surface area contributed by atoms with Crippen LogP contribution in [0.2, 0.25) is 0 Å². The second-order valence-electron chi connectivity index (χ2n) is 9.70. The van der Waals surface area contributed by atoms with Crippen molar-refractivity contribution in [3.05, 3.63) is 95.6 Å². The molecule has 0 saturated heterocycles. The molecular weight excluding hydrogens is 456 g/mol. The zero-order chi connectivity index (χ0) is 27.4. The van der Waals surface area contributed by atoms with Crippen LogP contribution in [0.3, 0.4) is 0 Å². The van der Waals surface area contributed by atoms with Gasteiger partial charge >= 0.3 is 0 Å². The number of benzene rings is 2. The van der Waals surface area contributed by atoms with E-state index in [2.05, 4.69) is 116 Å². The maximum absolute atomic E-state index is 10.1. The largest absolute Gasteiger partial charge is 0.550 e. The summed E-state index contributed by atoms with van der Waals surface area (Å²) in [5, 5.41) is 10.1. The Balaban J connectivity index is 0.000000521. The number of allylic oxidation sites excluding steroid dienone is 5. The number of rotatable bonds is 9. The fourth-order valence-corrected chi connectivity index (χ4v) is 4.10. The number of aliphatic carboxylic acids is 1. The van der Waals surface area contributed by atoms with Crippen LogP contribution in [-0.2, 0) is 4.79 Å². The van der Waals surface area contributed by atoms with Crippen LogP contribution in [0, 0.1) is 5.41 Å². The predicted octanol–water partition coefficient (Wildman–Crippen LogP) is 6.13. The van der Waals surface area contributed by atoms with Crippen molar-refractivity contribution in [2.45, 2.75) is 54.9 Å². The molecule has 0 N–H and O–H groups in total. The smallest absolute Gasteiger partial charge is 0.199 e. The number of carboxylic acids is 1. The van der Waals surface area contributed by atoms with Gasteiger partial charge in [-0.25, -0.2) is 4.58 Å². The molecule has 0 aromatic heterocycles. The van der Waals surface area contributed by atoms with Crippen LogP contribution < -0.4 is 10.0 Å². The van der Waals surface area contributed by atoms with Crippen molar-refractivity contribution in [1.29, 1.82) is 0 Å². The number of hydrogen-bond donors (Lipinski definition) is 0. The fraction of sp³-hybridized carbons (Fsp3) is 0.394. The first kappa shape index (κ1) is 29.8. The second kappa shape index (κ2) is 14.4. The van der Waals surface area contributed by atoms with E-state index in [4.69, 9.17) is 0 Å². The Labute approximate surface area is 224 Å². The minimum atomic E-state index is -0.972. The minimum absolute atomic E-state index is 0.620. The fourth-order valence-electron chi connectivity index (χ4n) is 4.10. The number of anilines is 1. The van der Waals surface area contributed by atoms with Crippen molar-refractivity contribution in [3.63, 3.8) is 0 Å². The molecule has 2 aromatic rings. The molecular formula is C33H44N2O2. The molecule has 37 heavy (non-hydrogen) atoms. The van der Waals surface area contributed by atoms with E-state index in [0.29, 0.717) is 6.42 Å². The molecule has 0 aliphatic heterocycles. The van der Waals surface area contributed by atoms with Crippen LogP contribution in [0.25, 0.3) is 5.57 Å². The Morgan fingerprint density at radius 2 is 1.30 bits per heavy atom. The molecule has 0 fully saturated rings. The van der Waals surface area contributed by atoms with E-state index in [-0.39, 0.29) is 0 Å². The van der Waals surface area contributed by atoms with Crippen LogP contribution in [0.1, 0.15) is 66.0 Å². The Bertz CT molecular complexity index is 1110. The quantitative estimate of drug-likeness (QED) is 0.389. The van der Waals surface area contributed by atoms with E-state index in [1.54, 1.807) is 13.8 Å². The van der Waals surface area contributed by atoms with Gasteiger partial charge in [0.1, 0.15) is 13.1 Å². The third kappa shape index (κ3) is 8.04. The standard InChI is InChI=1S/C27H33N2.C6H12O2/c1-5-28(6-2)25-18-14-23(15-19-25)27(22-12-10-9-11-13-22)24-16-20-26(21-17-24)29(7-3)8-4;1-4-6(2,3)5(7)8/h9-21H,5-8H2,1-4H3;4H2,1-3H3,(H,7,8)/q+1;/p-1. The second-order valence-corrected chi connectivity index (χ2v) is 9.70. The molecule has 0 spiro atoms.